The molecule has 1 aliphatic heterocycles. The standard InChI is InChI=1S/C17H15N5O/c23-17(15-10-18-7-8-19-15)22-9-6-14-13(11-22)16(21-20-14)12-4-2-1-3-5-12/h1-5,7-8,10H,6,9,11H2,(H,20,21). The van der Waals surface area contributed by atoms with Gasteiger partial charge in [0.15, 0.2) is 0 Å². The fraction of sp³-hybridized carbons (Fsp3) is 0.176. The lowest BCUT2D eigenvalue weighted by atomic mass is 10.0. The first-order valence-corrected chi connectivity index (χ1v) is 7.50. The molecule has 0 spiro atoms. The van der Waals surface area contributed by atoms with Gasteiger partial charge in [0.05, 0.1) is 18.4 Å². The summed E-state index contributed by atoms with van der Waals surface area (Å²) in [6.07, 6.45) is 5.37. The summed E-state index contributed by atoms with van der Waals surface area (Å²) in [7, 11) is 0. The zero-order valence-corrected chi connectivity index (χ0v) is 12.4. The molecule has 4 rings (SSSR count). The first-order valence-electron chi connectivity index (χ1n) is 7.50. The molecule has 1 amide bonds. The van der Waals surface area contributed by atoms with Gasteiger partial charge >= 0.3 is 0 Å². The Balaban J connectivity index is 1.64. The van der Waals surface area contributed by atoms with Gasteiger partial charge in [-0.1, -0.05) is 30.3 Å². The van der Waals surface area contributed by atoms with Crippen LogP contribution in [0.5, 0.6) is 0 Å². The Kier molecular flexibility index (Phi) is 3.34. The van der Waals surface area contributed by atoms with E-state index in [0.717, 1.165) is 28.9 Å². The van der Waals surface area contributed by atoms with Gasteiger partial charge in [-0.25, -0.2) is 4.98 Å². The van der Waals surface area contributed by atoms with Crippen molar-refractivity contribution in [3.05, 3.63) is 65.9 Å². The van der Waals surface area contributed by atoms with E-state index in [1.807, 2.05) is 30.3 Å². The second-order valence-corrected chi connectivity index (χ2v) is 5.46. The van der Waals surface area contributed by atoms with Gasteiger partial charge < -0.3 is 4.90 Å². The summed E-state index contributed by atoms with van der Waals surface area (Å²) < 4.78 is 0. The number of hydrogen-bond acceptors (Lipinski definition) is 4. The third kappa shape index (κ3) is 2.48. The van der Waals surface area contributed by atoms with Crippen LogP contribution >= 0.6 is 0 Å². The molecule has 0 aliphatic carbocycles. The molecule has 0 radical (unpaired) electrons. The Hall–Kier alpha value is -3.02. The molecule has 3 heterocycles. The number of carbonyl (C=O) groups excluding carboxylic acids is 1. The minimum atomic E-state index is -0.0936. The molecule has 0 atom stereocenters. The van der Waals surface area contributed by atoms with Crippen molar-refractivity contribution >= 4 is 5.91 Å². The maximum absolute atomic E-state index is 12.6. The topological polar surface area (TPSA) is 74.8 Å². The molecular formula is C17H15N5O. The zero-order chi connectivity index (χ0) is 15.6. The number of benzene rings is 1. The van der Waals surface area contributed by atoms with Crippen molar-refractivity contribution in [2.24, 2.45) is 0 Å². The Morgan fingerprint density at radius 2 is 2.04 bits per heavy atom. The van der Waals surface area contributed by atoms with Crippen LogP contribution in [0.15, 0.2) is 48.9 Å². The molecule has 1 N–H and O–H groups in total. The first kappa shape index (κ1) is 13.6. The molecule has 23 heavy (non-hydrogen) atoms. The second-order valence-electron chi connectivity index (χ2n) is 5.46. The summed E-state index contributed by atoms with van der Waals surface area (Å²) in [4.78, 5) is 22.4. The van der Waals surface area contributed by atoms with E-state index in [4.69, 9.17) is 0 Å². The Morgan fingerprint density at radius 3 is 2.83 bits per heavy atom. The molecule has 2 aromatic heterocycles. The number of aromatic amines is 1. The number of fused-ring (bicyclic) bond motifs is 1. The Labute approximate surface area is 133 Å². The van der Waals surface area contributed by atoms with Crippen LogP contribution in [0.1, 0.15) is 21.7 Å². The van der Waals surface area contributed by atoms with Crippen molar-refractivity contribution in [2.45, 2.75) is 13.0 Å². The second kappa shape index (κ2) is 5.64. The predicted octanol–water partition coefficient (Wildman–Crippen LogP) is 2.07. The smallest absolute Gasteiger partial charge is 0.274 e. The highest BCUT2D eigenvalue weighted by Crippen LogP contribution is 2.28. The van der Waals surface area contributed by atoms with Crippen LogP contribution in [0.4, 0.5) is 0 Å². The van der Waals surface area contributed by atoms with E-state index in [1.54, 1.807) is 11.1 Å². The summed E-state index contributed by atoms with van der Waals surface area (Å²) in [5, 5.41) is 7.55. The minimum Gasteiger partial charge on any atom is -0.332 e. The van der Waals surface area contributed by atoms with E-state index in [9.17, 15) is 4.79 Å². The maximum Gasteiger partial charge on any atom is 0.274 e. The van der Waals surface area contributed by atoms with Crippen molar-refractivity contribution < 1.29 is 4.79 Å². The lowest BCUT2D eigenvalue weighted by molar-refractivity contribution is 0.0728. The van der Waals surface area contributed by atoms with Crippen LogP contribution in [-0.2, 0) is 13.0 Å². The van der Waals surface area contributed by atoms with Crippen molar-refractivity contribution in [2.75, 3.05) is 6.54 Å². The summed E-state index contributed by atoms with van der Waals surface area (Å²) in [5.41, 5.74) is 4.53. The van der Waals surface area contributed by atoms with E-state index < -0.39 is 0 Å². The highest BCUT2D eigenvalue weighted by Gasteiger charge is 2.26. The number of amides is 1. The van der Waals surface area contributed by atoms with Gasteiger partial charge in [0.1, 0.15) is 5.69 Å². The molecule has 6 nitrogen and oxygen atoms in total. The number of nitrogens with zero attached hydrogens (tertiary/aromatic N) is 4. The number of nitrogens with one attached hydrogen (secondary N) is 1. The van der Waals surface area contributed by atoms with Gasteiger partial charge in [-0.2, -0.15) is 5.10 Å². The average molecular weight is 305 g/mol. The van der Waals surface area contributed by atoms with Crippen LogP contribution in [0.2, 0.25) is 0 Å². The Morgan fingerprint density at radius 1 is 1.17 bits per heavy atom. The van der Waals surface area contributed by atoms with Gasteiger partial charge in [-0.05, 0) is 0 Å². The number of H-pyrrole nitrogens is 1. The van der Waals surface area contributed by atoms with Gasteiger partial charge in [-0.3, -0.25) is 14.9 Å². The molecule has 0 bridgehead atoms. The molecule has 1 aromatic carbocycles. The SMILES string of the molecule is O=C(c1cnccn1)N1CCc2[nH]nc(-c3ccccc3)c2C1. The first-order chi connectivity index (χ1) is 11.3. The predicted molar refractivity (Wildman–Crippen MR) is 84.5 cm³/mol. The zero-order valence-electron chi connectivity index (χ0n) is 12.4. The molecule has 0 fully saturated rings. The van der Waals surface area contributed by atoms with Crippen LogP contribution in [0.3, 0.4) is 0 Å². The minimum absolute atomic E-state index is 0.0936. The molecule has 1 aliphatic rings. The molecule has 3 aromatic rings. The lowest BCUT2D eigenvalue weighted by Crippen LogP contribution is -2.36. The highest BCUT2D eigenvalue weighted by atomic mass is 16.2. The fourth-order valence-corrected chi connectivity index (χ4v) is 2.87. The number of rotatable bonds is 2. The van der Waals surface area contributed by atoms with Crippen LogP contribution < -0.4 is 0 Å². The molecule has 0 saturated heterocycles. The van der Waals surface area contributed by atoms with E-state index >= 15 is 0 Å². The number of carbonyl (C=O) groups is 1. The van der Waals surface area contributed by atoms with Crippen molar-refractivity contribution in [3.8, 4) is 11.3 Å². The van der Waals surface area contributed by atoms with E-state index in [2.05, 4.69) is 20.2 Å². The molecule has 0 unspecified atom stereocenters. The van der Waals surface area contributed by atoms with Crippen molar-refractivity contribution in [1.29, 1.82) is 0 Å². The fourth-order valence-electron chi connectivity index (χ4n) is 2.87. The van der Waals surface area contributed by atoms with Gasteiger partial charge in [0.2, 0.25) is 0 Å². The molecule has 114 valence electrons. The third-order valence-electron chi connectivity index (χ3n) is 4.05. The maximum atomic E-state index is 12.6. The van der Waals surface area contributed by atoms with Gasteiger partial charge in [-0.15, -0.1) is 0 Å². The summed E-state index contributed by atoms with van der Waals surface area (Å²) in [6, 6.07) is 10.0. The molecular weight excluding hydrogens is 290 g/mol. The Bertz CT molecular complexity index is 829. The van der Waals surface area contributed by atoms with Crippen LogP contribution in [-0.4, -0.2) is 37.5 Å². The lowest BCUT2D eigenvalue weighted by Gasteiger charge is -2.26. The molecule has 0 saturated carbocycles. The summed E-state index contributed by atoms with van der Waals surface area (Å²) in [6.45, 7) is 1.18. The summed E-state index contributed by atoms with van der Waals surface area (Å²) in [5.74, 6) is -0.0936. The van der Waals surface area contributed by atoms with Gasteiger partial charge in [0, 0.05) is 42.2 Å². The number of hydrogen-bond donors (Lipinski definition) is 1. The molecule has 6 heteroatoms. The van der Waals surface area contributed by atoms with Crippen LogP contribution in [0, 0.1) is 0 Å². The van der Waals surface area contributed by atoms with Crippen molar-refractivity contribution in [3.63, 3.8) is 0 Å². The monoisotopic (exact) mass is 305 g/mol. The van der Waals surface area contributed by atoms with Crippen molar-refractivity contribution in [1.82, 2.24) is 25.1 Å². The van der Waals surface area contributed by atoms with Crippen LogP contribution in [0.25, 0.3) is 11.3 Å². The number of aromatic nitrogens is 4. The average Bonchev–Trinajstić information content (AvgIpc) is 3.05. The quantitative estimate of drug-likeness (QED) is 0.786. The third-order valence-corrected chi connectivity index (χ3v) is 4.05. The normalized spacial score (nSPS) is 13.7. The van der Waals surface area contributed by atoms with E-state index in [0.29, 0.717) is 18.8 Å². The van der Waals surface area contributed by atoms with Gasteiger partial charge in [0.25, 0.3) is 5.91 Å². The van der Waals surface area contributed by atoms with E-state index in [1.165, 1.54) is 12.4 Å². The largest absolute Gasteiger partial charge is 0.332 e. The highest BCUT2D eigenvalue weighted by molar-refractivity contribution is 5.92. The summed E-state index contributed by atoms with van der Waals surface area (Å²) >= 11 is 0. The van der Waals surface area contributed by atoms with E-state index in [-0.39, 0.29) is 5.91 Å².